The second-order valence-electron chi connectivity index (χ2n) is 5.24. The fraction of sp³-hybridized carbons (Fsp3) is 0.176. The number of benzene rings is 2. The first-order valence-electron chi connectivity index (χ1n) is 7.20. The number of para-hydroxylation sites is 1. The van der Waals surface area contributed by atoms with Gasteiger partial charge in [-0.15, -0.1) is 0 Å². The predicted octanol–water partition coefficient (Wildman–Crippen LogP) is 1.84. The van der Waals surface area contributed by atoms with E-state index in [1.54, 1.807) is 6.07 Å². The number of amides is 2. The average molecular weight is 314 g/mol. The van der Waals surface area contributed by atoms with Crippen LogP contribution in [0.2, 0.25) is 0 Å². The molecule has 1 aliphatic rings. The van der Waals surface area contributed by atoms with Gasteiger partial charge in [-0.3, -0.25) is 20.4 Å². The lowest BCUT2D eigenvalue weighted by molar-refractivity contribution is -0.127. The molecule has 0 spiro atoms. The van der Waals surface area contributed by atoms with E-state index in [9.17, 15) is 14.0 Å². The Labute approximate surface area is 132 Å². The Balaban J connectivity index is 1.58. The molecule has 23 heavy (non-hydrogen) atoms. The minimum absolute atomic E-state index is 0.127. The van der Waals surface area contributed by atoms with E-state index in [-0.39, 0.29) is 18.1 Å². The second kappa shape index (κ2) is 6.48. The van der Waals surface area contributed by atoms with Gasteiger partial charge in [0.25, 0.3) is 5.91 Å². The van der Waals surface area contributed by atoms with E-state index in [1.807, 2.05) is 24.3 Å². The lowest BCUT2D eigenvalue weighted by Gasteiger charge is -2.24. The van der Waals surface area contributed by atoms with Crippen LogP contribution in [0.1, 0.15) is 15.9 Å². The molecule has 6 heteroatoms. The molecule has 0 saturated carbocycles. The maximum Gasteiger partial charge on any atom is 0.272 e. The fourth-order valence-electron chi connectivity index (χ4n) is 2.43. The van der Waals surface area contributed by atoms with Crippen LogP contribution >= 0.6 is 0 Å². The van der Waals surface area contributed by atoms with E-state index < -0.39 is 17.6 Å². The number of halogens is 1. The van der Waals surface area contributed by atoms with Crippen molar-refractivity contribution in [2.45, 2.75) is 6.42 Å². The predicted molar refractivity (Wildman–Crippen MR) is 81.1 cm³/mol. The van der Waals surface area contributed by atoms with Gasteiger partial charge >= 0.3 is 0 Å². The number of hydrazine groups is 1. The number of nitrogens with one attached hydrogen (secondary N) is 2. The summed E-state index contributed by atoms with van der Waals surface area (Å²) in [6.45, 7) is 0.235. The highest BCUT2D eigenvalue weighted by molar-refractivity contribution is 5.95. The number of ether oxygens (including phenoxy) is 1. The Morgan fingerprint density at radius 3 is 2.61 bits per heavy atom. The summed E-state index contributed by atoms with van der Waals surface area (Å²) in [5.74, 6) is -1.36. The normalized spacial score (nSPS) is 16.0. The van der Waals surface area contributed by atoms with Crippen molar-refractivity contribution in [1.82, 2.24) is 10.9 Å². The van der Waals surface area contributed by atoms with Crippen molar-refractivity contribution >= 4 is 11.8 Å². The zero-order chi connectivity index (χ0) is 16.2. The molecule has 1 unspecified atom stereocenters. The van der Waals surface area contributed by atoms with Gasteiger partial charge in [0.05, 0.1) is 11.5 Å². The molecule has 1 atom stereocenters. The summed E-state index contributed by atoms with van der Waals surface area (Å²) in [7, 11) is 0. The minimum atomic E-state index is -0.700. The topological polar surface area (TPSA) is 67.4 Å². The second-order valence-corrected chi connectivity index (χ2v) is 5.24. The molecule has 0 radical (unpaired) electrons. The van der Waals surface area contributed by atoms with Gasteiger partial charge in [-0.1, -0.05) is 30.3 Å². The third-order valence-corrected chi connectivity index (χ3v) is 3.67. The van der Waals surface area contributed by atoms with Crippen molar-refractivity contribution < 1.29 is 18.7 Å². The highest BCUT2D eigenvalue weighted by Gasteiger charge is 2.26. The molecule has 2 aromatic rings. The fourth-order valence-corrected chi connectivity index (χ4v) is 2.43. The summed E-state index contributed by atoms with van der Waals surface area (Å²) in [4.78, 5) is 24.0. The Morgan fingerprint density at radius 2 is 1.78 bits per heavy atom. The molecular weight excluding hydrogens is 299 g/mol. The van der Waals surface area contributed by atoms with E-state index in [0.717, 1.165) is 11.3 Å². The highest BCUT2D eigenvalue weighted by Crippen LogP contribution is 2.26. The summed E-state index contributed by atoms with van der Waals surface area (Å²) in [5, 5.41) is 0. The molecule has 0 fully saturated rings. The van der Waals surface area contributed by atoms with Crippen LogP contribution in [0.15, 0.2) is 48.5 Å². The van der Waals surface area contributed by atoms with Gasteiger partial charge in [0.2, 0.25) is 5.91 Å². The highest BCUT2D eigenvalue weighted by atomic mass is 19.1. The third kappa shape index (κ3) is 3.31. The molecule has 0 aromatic heterocycles. The largest absolute Gasteiger partial charge is 0.492 e. The molecule has 118 valence electrons. The van der Waals surface area contributed by atoms with Crippen molar-refractivity contribution in [1.29, 1.82) is 0 Å². The van der Waals surface area contributed by atoms with Crippen molar-refractivity contribution in [3.05, 3.63) is 65.5 Å². The molecule has 1 aliphatic heterocycles. The lowest BCUT2D eigenvalue weighted by Crippen LogP contribution is -2.47. The Kier molecular flexibility index (Phi) is 4.23. The summed E-state index contributed by atoms with van der Waals surface area (Å²) < 4.78 is 19.0. The maximum absolute atomic E-state index is 13.5. The van der Waals surface area contributed by atoms with E-state index >= 15 is 0 Å². The standard InChI is InChI=1S/C17H15FN2O3/c18-14-7-3-2-6-13(14)17(22)20-19-16(21)12-9-11-5-1-4-8-15(11)23-10-12/h1-8,12H,9-10H2,(H,19,21)(H,20,22). The minimum Gasteiger partial charge on any atom is -0.492 e. The number of hydrogen-bond acceptors (Lipinski definition) is 3. The van der Waals surface area contributed by atoms with Crippen LogP contribution in [0, 0.1) is 11.7 Å². The first-order chi connectivity index (χ1) is 11.1. The quantitative estimate of drug-likeness (QED) is 0.831. The molecule has 0 saturated heterocycles. The third-order valence-electron chi connectivity index (χ3n) is 3.67. The number of fused-ring (bicyclic) bond motifs is 1. The van der Waals surface area contributed by atoms with Crippen molar-refractivity contribution in [3.63, 3.8) is 0 Å². The van der Waals surface area contributed by atoms with Gasteiger partial charge in [0.1, 0.15) is 18.2 Å². The number of carbonyl (C=O) groups is 2. The van der Waals surface area contributed by atoms with Crippen molar-refractivity contribution in [2.75, 3.05) is 6.61 Å². The van der Waals surface area contributed by atoms with Gasteiger partial charge < -0.3 is 4.74 Å². The van der Waals surface area contributed by atoms with E-state index in [0.29, 0.717) is 6.42 Å². The molecule has 1 heterocycles. The molecule has 5 nitrogen and oxygen atoms in total. The van der Waals surface area contributed by atoms with Gasteiger partial charge in [-0.25, -0.2) is 4.39 Å². The first kappa shape index (κ1) is 15.0. The van der Waals surface area contributed by atoms with Gasteiger partial charge in [-0.2, -0.15) is 0 Å². The molecule has 0 bridgehead atoms. The zero-order valence-electron chi connectivity index (χ0n) is 12.2. The Morgan fingerprint density at radius 1 is 1.04 bits per heavy atom. The molecule has 3 rings (SSSR count). The van der Waals surface area contributed by atoms with Gasteiger partial charge in [-0.05, 0) is 30.2 Å². The first-order valence-corrected chi connectivity index (χ1v) is 7.20. The van der Waals surface area contributed by atoms with Crippen LogP contribution in [0.3, 0.4) is 0 Å². The number of rotatable bonds is 2. The molecule has 2 aromatic carbocycles. The number of carbonyl (C=O) groups excluding carboxylic acids is 2. The molecule has 2 N–H and O–H groups in total. The SMILES string of the molecule is O=C(NNC(=O)C1COc2ccccc2C1)c1ccccc1F. The zero-order valence-corrected chi connectivity index (χ0v) is 12.2. The molecule has 2 amide bonds. The lowest BCUT2D eigenvalue weighted by atomic mass is 9.96. The van der Waals surface area contributed by atoms with Gasteiger partial charge in [0.15, 0.2) is 0 Å². The Bertz CT molecular complexity index is 748. The van der Waals surface area contributed by atoms with Crippen LogP contribution in [-0.2, 0) is 11.2 Å². The van der Waals surface area contributed by atoms with E-state index in [2.05, 4.69) is 10.9 Å². The van der Waals surface area contributed by atoms with Crippen LogP contribution in [0.4, 0.5) is 4.39 Å². The van der Waals surface area contributed by atoms with E-state index in [1.165, 1.54) is 18.2 Å². The number of hydrogen-bond donors (Lipinski definition) is 2. The smallest absolute Gasteiger partial charge is 0.272 e. The van der Waals surface area contributed by atoms with Crippen LogP contribution in [-0.4, -0.2) is 18.4 Å². The van der Waals surface area contributed by atoms with Crippen LogP contribution in [0.25, 0.3) is 0 Å². The van der Waals surface area contributed by atoms with Gasteiger partial charge in [0, 0.05) is 0 Å². The van der Waals surface area contributed by atoms with E-state index in [4.69, 9.17) is 4.74 Å². The summed E-state index contributed by atoms with van der Waals surface area (Å²) in [6.07, 6.45) is 0.525. The van der Waals surface area contributed by atoms with Crippen LogP contribution in [0.5, 0.6) is 5.75 Å². The Hall–Kier alpha value is -2.89. The molecule has 0 aliphatic carbocycles. The summed E-state index contributed by atoms with van der Waals surface area (Å²) >= 11 is 0. The van der Waals surface area contributed by atoms with Crippen molar-refractivity contribution in [3.8, 4) is 5.75 Å². The summed E-state index contributed by atoms with van der Waals surface area (Å²) in [6, 6.07) is 13.1. The monoisotopic (exact) mass is 314 g/mol. The van der Waals surface area contributed by atoms with Crippen LogP contribution < -0.4 is 15.6 Å². The molecular formula is C17H15FN2O3. The average Bonchev–Trinajstić information content (AvgIpc) is 2.59. The summed E-state index contributed by atoms with van der Waals surface area (Å²) in [5.41, 5.74) is 5.37. The van der Waals surface area contributed by atoms with Crippen molar-refractivity contribution in [2.24, 2.45) is 5.92 Å². The maximum atomic E-state index is 13.5.